The molecule has 3 rings (SSSR count). The van der Waals surface area contributed by atoms with Crippen LogP contribution in [-0.2, 0) is 10.0 Å². The average molecular weight is 376 g/mol. The summed E-state index contributed by atoms with van der Waals surface area (Å²) in [5.41, 5.74) is 0.761. The summed E-state index contributed by atoms with van der Waals surface area (Å²) in [7, 11) is -3.63. The van der Waals surface area contributed by atoms with Gasteiger partial charge in [-0.15, -0.1) is 0 Å². The molecule has 0 atom stereocenters. The monoisotopic (exact) mass is 376 g/mol. The summed E-state index contributed by atoms with van der Waals surface area (Å²) >= 11 is 0. The molecule has 2 aromatic rings. The molecule has 0 spiro atoms. The number of carbonyl (C=O) groups excluding carboxylic acids is 1. The van der Waals surface area contributed by atoms with Gasteiger partial charge in [0.05, 0.1) is 4.90 Å². The van der Waals surface area contributed by atoms with E-state index < -0.39 is 21.7 Å². The molecule has 0 unspecified atom stereocenters. The lowest BCUT2D eigenvalue weighted by Gasteiger charge is -2.16. The van der Waals surface area contributed by atoms with Gasteiger partial charge >= 0.3 is 0 Å². The number of rotatable bonds is 5. The Hall–Kier alpha value is -2.58. The maximum atomic E-state index is 12.5. The molecule has 8 heteroatoms. The van der Waals surface area contributed by atoms with Crippen LogP contribution in [0.2, 0.25) is 0 Å². The van der Waals surface area contributed by atoms with Crippen LogP contribution in [0.1, 0.15) is 31.1 Å². The summed E-state index contributed by atoms with van der Waals surface area (Å²) in [6, 6.07) is 10.9. The first-order valence-electron chi connectivity index (χ1n) is 8.13. The second-order valence-corrected chi connectivity index (χ2v) is 8.02. The molecule has 7 nitrogen and oxygen atoms in total. The summed E-state index contributed by atoms with van der Waals surface area (Å²) in [6.07, 6.45) is 0. The molecule has 26 heavy (non-hydrogen) atoms. The third-order valence-electron chi connectivity index (χ3n) is 3.65. The van der Waals surface area contributed by atoms with Gasteiger partial charge in [-0.3, -0.25) is 4.79 Å². The van der Waals surface area contributed by atoms with Crippen molar-refractivity contribution in [2.75, 3.05) is 11.9 Å². The van der Waals surface area contributed by atoms with E-state index >= 15 is 0 Å². The average Bonchev–Trinajstić information content (AvgIpc) is 2.88. The van der Waals surface area contributed by atoms with Gasteiger partial charge in [-0.1, -0.05) is 13.0 Å². The summed E-state index contributed by atoms with van der Waals surface area (Å²) < 4.78 is 37.8. The predicted molar refractivity (Wildman–Crippen MR) is 97.0 cm³/mol. The number of nitrogens with one attached hydrogen (secondary N) is 2. The van der Waals surface area contributed by atoms with Crippen molar-refractivity contribution in [2.45, 2.75) is 31.5 Å². The fraction of sp³-hybridized carbons (Fsp3) is 0.278. The zero-order valence-electron chi connectivity index (χ0n) is 14.7. The summed E-state index contributed by atoms with van der Waals surface area (Å²) in [4.78, 5) is 12.5. The minimum absolute atomic E-state index is 0.0411. The van der Waals surface area contributed by atoms with E-state index in [0.29, 0.717) is 17.2 Å². The maximum Gasteiger partial charge on any atom is 0.255 e. The highest BCUT2D eigenvalue weighted by Gasteiger charge is 2.31. The van der Waals surface area contributed by atoms with Crippen molar-refractivity contribution in [3.8, 4) is 11.5 Å². The Morgan fingerprint density at radius 3 is 2.54 bits per heavy atom. The lowest BCUT2D eigenvalue weighted by atomic mass is 10.2. The zero-order valence-corrected chi connectivity index (χ0v) is 15.5. The van der Waals surface area contributed by atoms with Gasteiger partial charge in [0.15, 0.2) is 11.5 Å². The van der Waals surface area contributed by atoms with Crippen LogP contribution in [0.4, 0.5) is 5.69 Å². The first-order valence-corrected chi connectivity index (χ1v) is 9.62. The highest BCUT2D eigenvalue weighted by atomic mass is 32.2. The highest BCUT2D eigenvalue weighted by Crippen LogP contribution is 2.40. The lowest BCUT2D eigenvalue weighted by Crippen LogP contribution is -2.29. The predicted octanol–water partition coefficient (Wildman–Crippen LogP) is 2.74. The van der Waals surface area contributed by atoms with Gasteiger partial charge in [-0.25, -0.2) is 13.1 Å². The van der Waals surface area contributed by atoms with Gasteiger partial charge in [0.2, 0.25) is 15.8 Å². The molecule has 1 heterocycles. The first-order chi connectivity index (χ1) is 12.2. The number of sulfonamides is 1. The van der Waals surface area contributed by atoms with Crippen molar-refractivity contribution in [2.24, 2.45) is 0 Å². The van der Waals surface area contributed by atoms with Gasteiger partial charge < -0.3 is 14.8 Å². The van der Waals surface area contributed by atoms with E-state index in [1.165, 1.54) is 18.2 Å². The standard InChI is InChI=1S/C18H20N2O5S/c1-4-19-26(22,23)14-7-5-6-12(10-14)17(21)20-13-8-9-15-16(11-13)25-18(2,3)24-15/h5-11,19H,4H2,1-3H3,(H,20,21). The third-order valence-corrected chi connectivity index (χ3v) is 5.20. The van der Waals surface area contributed by atoms with Crippen LogP contribution >= 0.6 is 0 Å². The van der Waals surface area contributed by atoms with Gasteiger partial charge in [-0.05, 0) is 30.3 Å². The Morgan fingerprint density at radius 1 is 1.08 bits per heavy atom. The van der Waals surface area contributed by atoms with E-state index in [1.807, 2.05) is 0 Å². The quantitative estimate of drug-likeness (QED) is 0.837. The topological polar surface area (TPSA) is 93.7 Å². The molecule has 1 aliphatic rings. The number of ether oxygens (including phenoxy) is 2. The van der Waals surface area contributed by atoms with Crippen LogP contribution in [0, 0.1) is 0 Å². The van der Waals surface area contributed by atoms with Gasteiger partial charge in [0, 0.05) is 37.7 Å². The van der Waals surface area contributed by atoms with Crippen molar-refractivity contribution >= 4 is 21.6 Å². The Labute approximate surface area is 152 Å². The smallest absolute Gasteiger partial charge is 0.255 e. The first kappa shape index (κ1) is 18.2. The van der Waals surface area contributed by atoms with E-state index in [9.17, 15) is 13.2 Å². The molecule has 2 aromatic carbocycles. The van der Waals surface area contributed by atoms with E-state index in [2.05, 4.69) is 10.0 Å². The maximum absolute atomic E-state index is 12.5. The van der Waals surface area contributed by atoms with Crippen LogP contribution in [0.3, 0.4) is 0 Å². The molecule has 1 amide bonds. The molecule has 2 N–H and O–H groups in total. The lowest BCUT2D eigenvalue weighted by molar-refractivity contribution is -0.0431. The minimum atomic E-state index is -3.63. The SMILES string of the molecule is CCNS(=O)(=O)c1cccc(C(=O)Nc2ccc3c(c2)OC(C)(C)O3)c1. The van der Waals surface area contributed by atoms with Crippen molar-refractivity contribution in [1.82, 2.24) is 4.72 Å². The number of anilines is 1. The van der Waals surface area contributed by atoms with Gasteiger partial charge in [-0.2, -0.15) is 0 Å². The number of benzene rings is 2. The molecule has 0 aromatic heterocycles. The second kappa shape index (κ2) is 6.62. The Morgan fingerprint density at radius 2 is 1.81 bits per heavy atom. The van der Waals surface area contributed by atoms with Crippen molar-refractivity contribution in [3.05, 3.63) is 48.0 Å². The van der Waals surface area contributed by atoms with Crippen LogP contribution in [0.15, 0.2) is 47.4 Å². The molecule has 1 aliphatic heterocycles. The Kier molecular flexibility index (Phi) is 4.64. The molecule has 0 radical (unpaired) electrons. The summed E-state index contributed by atoms with van der Waals surface area (Å²) in [5, 5.41) is 2.74. The molecule has 138 valence electrons. The Bertz CT molecular complexity index is 954. The highest BCUT2D eigenvalue weighted by molar-refractivity contribution is 7.89. The second-order valence-electron chi connectivity index (χ2n) is 6.25. The van der Waals surface area contributed by atoms with Crippen LogP contribution in [0.25, 0.3) is 0 Å². The van der Waals surface area contributed by atoms with Crippen molar-refractivity contribution in [1.29, 1.82) is 0 Å². The van der Waals surface area contributed by atoms with Gasteiger partial charge in [0.25, 0.3) is 5.91 Å². The zero-order chi connectivity index (χ0) is 18.9. The summed E-state index contributed by atoms with van der Waals surface area (Å²) in [5.74, 6) is -0.0281. The summed E-state index contributed by atoms with van der Waals surface area (Å²) in [6.45, 7) is 5.55. The number of hydrogen-bond acceptors (Lipinski definition) is 5. The normalized spacial score (nSPS) is 14.9. The molecule has 0 bridgehead atoms. The van der Waals surface area contributed by atoms with Crippen molar-refractivity contribution in [3.63, 3.8) is 0 Å². The van der Waals surface area contributed by atoms with E-state index in [-0.39, 0.29) is 17.0 Å². The molecule has 0 saturated carbocycles. The van der Waals surface area contributed by atoms with Crippen LogP contribution < -0.4 is 19.5 Å². The Balaban J connectivity index is 1.80. The number of fused-ring (bicyclic) bond motifs is 1. The molecule has 0 saturated heterocycles. The molecule has 0 fully saturated rings. The number of carbonyl (C=O) groups is 1. The van der Waals surface area contributed by atoms with Crippen LogP contribution in [-0.4, -0.2) is 26.7 Å². The molecule has 0 aliphatic carbocycles. The fourth-order valence-electron chi connectivity index (χ4n) is 2.58. The number of amides is 1. The van der Waals surface area contributed by atoms with Crippen LogP contribution in [0.5, 0.6) is 11.5 Å². The molecular weight excluding hydrogens is 356 g/mol. The minimum Gasteiger partial charge on any atom is -0.449 e. The van der Waals surface area contributed by atoms with E-state index in [4.69, 9.17) is 9.47 Å². The molecular formula is C18H20N2O5S. The third kappa shape index (κ3) is 3.81. The van der Waals surface area contributed by atoms with E-state index in [0.717, 1.165) is 0 Å². The van der Waals surface area contributed by atoms with Gasteiger partial charge in [0.1, 0.15) is 0 Å². The van der Waals surface area contributed by atoms with Crippen molar-refractivity contribution < 1.29 is 22.7 Å². The number of hydrogen-bond donors (Lipinski definition) is 2. The fourth-order valence-corrected chi connectivity index (χ4v) is 3.67. The van der Waals surface area contributed by atoms with E-state index in [1.54, 1.807) is 45.0 Å². The largest absolute Gasteiger partial charge is 0.449 e.